The molecule has 4 heterocycles. The standard InChI is InChI=1S/C28H23F2N7O/c29-20-5-1-18(2-6-20)26-33-23-9-10-25(36-15-13-31-14-16-36)35-27(23)37(26)22-11-12-32-24(17-22)34-28(38)19-3-7-21(30)8-4-19/h1-12,17,31H,13-16H2,(H,32,34,38). The second-order valence-corrected chi connectivity index (χ2v) is 8.89. The molecule has 0 unspecified atom stereocenters. The molecule has 2 N–H and O–H groups in total. The van der Waals surface area contributed by atoms with E-state index in [0.717, 1.165) is 32.0 Å². The Bertz CT molecular complexity index is 1610. The van der Waals surface area contributed by atoms with E-state index in [-0.39, 0.29) is 5.82 Å². The Morgan fingerprint density at radius 3 is 2.32 bits per heavy atom. The van der Waals surface area contributed by atoms with E-state index in [0.29, 0.717) is 39.6 Å². The number of amides is 1. The topological polar surface area (TPSA) is 88.0 Å². The number of hydrogen-bond acceptors (Lipinski definition) is 6. The number of carbonyl (C=O) groups is 1. The lowest BCUT2D eigenvalue weighted by atomic mass is 10.2. The average Bonchev–Trinajstić information content (AvgIpc) is 3.33. The van der Waals surface area contributed by atoms with E-state index in [9.17, 15) is 13.6 Å². The highest BCUT2D eigenvalue weighted by atomic mass is 19.1. The highest BCUT2D eigenvalue weighted by Crippen LogP contribution is 2.30. The van der Waals surface area contributed by atoms with E-state index in [4.69, 9.17) is 9.97 Å². The minimum atomic E-state index is -0.422. The molecule has 0 radical (unpaired) electrons. The van der Waals surface area contributed by atoms with E-state index in [1.54, 1.807) is 30.5 Å². The first kappa shape index (κ1) is 23.7. The largest absolute Gasteiger partial charge is 0.354 e. The molecule has 0 atom stereocenters. The van der Waals surface area contributed by atoms with Gasteiger partial charge in [0.2, 0.25) is 0 Å². The molecule has 8 nitrogen and oxygen atoms in total. The van der Waals surface area contributed by atoms with Crippen molar-refractivity contribution in [3.63, 3.8) is 0 Å². The summed E-state index contributed by atoms with van der Waals surface area (Å²) in [5.41, 5.74) is 2.99. The Labute approximate surface area is 217 Å². The van der Waals surface area contributed by atoms with Crippen molar-refractivity contribution in [1.29, 1.82) is 0 Å². The summed E-state index contributed by atoms with van der Waals surface area (Å²) in [6, 6.07) is 18.8. The molecular weight excluding hydrogens is 488 g/mol. The van der Waals surface area contributed by atoms with Crippen molar-refractivity contribution in [3.8, 4) is 17.1 Å². The Morgan fingerprint density at radius 1 is 0.868 bits per heavy atom. The summed E-state index contributed by atoms with van der Waals surface area (Å²) in [4.78, 5) is 29.0. The van der Waals surface area contributed by atoms with Gasteiger partial charge in [-0.05, 0) is 66.7 Å². The number of benzene rings is 2. The zero-order chi connectivity index (χ0) is 26.1. The lowest BCUT2D eigenvalue weighted by Crippen LogP contribution is -2.43. The molecule has 2 aromatic carbocycles. The first-order valence-electron chi connectivity index (χ1n) is 12.2. The Kier molecular flexibility index (Phi) is 6.22. The summed E-state index contributed by atoms with van der Waals surface area (Å²) in [6.07, 6.45) is 1.58. The van der Waals surface area contributed by atoms with Crippen LogP contribution in [0, 0.1) is 11.6 Å². The highest BCUT2D eigenvalue weighted by molar-refractivity contribution is 6.03. The van der Waals surface area contributed by atoms with Crippen molar-refractivity contribution >= 4 is 28.7 Å². The predicted molar refractivity (Wildman–Crippen MR) is 141 cm³/mol. The third-order valence-electron chi connectivity index (χ3n) is 6.38. The number of anilines is 2. The number of aromatic nitrogens is 4. The molecule has 1 amide bonds. The van der Waals surface area contributed by atoms with Crippen molar-refractivity contribution in [2.45, 2.75) is 0 Å². The minimum absolute atomic E-state index is 0.306. The summed E-state index contributed by atoms with van der Waals surface area (Å²) in [5.74, 6) is 0.543. The first-order valence-corrected chi connectivity index (χ1v) is 12.2. The van der Waals surface area contributed by atoms with Crippen LogP contribution >= 0.6 is 0 Å². The zero-order valence-corrected chi connectivity index (χ0v) is 20.2. The van der Waals surface area contributed by atoms with Crippen LogP contribution in [0.15, 0.2) is 79.0 Å². The maximum Gasteiger partial charge on any atom is 0.256 e. The third-order valence-corrected chi connectivity index (χ3v) is 6.38. The molecule has 5 aromatic rings. The van der Waals surface area contributed by atoms with Gasteiger partial charge in [0.15, 0.2) is 5.65 Å². The van der Waals surface area contributed by atoms with Gasteiger partial charge in [-0.15, -0.1) is 0 Å². The van der Waals surface area contributed by atoms with Crippen molar-refractivity contribution < 1.29 is 13.6 Å². The van der Waals surface area contributed by atoms with E-state index in [1.807, 2.05) is 16.7 Å². The maximum absolute atomic E-state index is 13.7. The van der Waals surface area contributed by atoms with Crippen LogP contribution in [-0.4, -0.2) is 51.6 Å². The molecule has 1 aliphatic rings. The molecule has 0 spiro atoms. The quantitative estimate of drug-likeness (QED) is 0.363. The van der Waals surface area contributed by atoms with Gasteiger partial charge < -0.3 is 15.5 Å². The van der Waals surface area contributed by atoms with Gasteiger partial charge in [-0.2, -0.15) is 0 Å². The summed E-state index contributed by atoms with van der Waals surface area (Å²) < 4.78 is 28.9. The summed E-state index contributed by atoms with van der Waals surface area (Å²) in [7, 11) is 0. The fourth-order valence-electron chi connectivity index (χ4n) is 4.47. The molecule has 190 valence electrons. The monoisotopic (exact) mass is 511 g/mol. The Hall–Kier alpha value is -4.70. The number of fused-ring (bicyclic) bond motifs is 1. The second kappa shape index (κ2) is 9.98. The van der Waals surface area contributed by atoms with Crippen LogP contribution in [0.4, 0.5) is 20.4 Å². The minimum Gasteiger partial charge on any atom is -0.354 e. The number of pyridine rings is 2. The number of rotatable bonds is 5. The molecule has 0 bridgehead atoms. The molecular formula is C28H23F2N7O. The van der Waals surface area contributed by atoms with Crippen molar-refractivity contribution in [2.24, 2.45) is 0 Å². The molecule has 3 aromatic heterocycles. The molecule has 10 heteroatoms. The van der Waals surface area contributed by atoms with Gasteiger partial charge in [-0.25, -0.2) is 23.7 Å². The average molecular weight is 512 g/mol. The maximum atomic E-state index is 13.7. The second-order valence-electron chi connectivity index (χ2n) is 8.89. The van der Waals surface area contributed by atoms with Gasteiger partial charge in [-0.1, -0.05) is 0 Å². The number of halogens is 2. The molecule has 38 heavy (non-hydrogen) atoms. The van der Waals surface area contributed by atoms with Gasteiger partial charge >= 0.3 is 0 Å². The van der Waals surface area contributed by atoms with Gasteiger partial charge in [0, 0.05) is 49.6 Å². The van der Waals surface area contributed by atoms with Gasteiger partial charge in [0.1, 0.15) is 34.6 Å². The molecule has 1 fully saturated rings. The van der Waals surface area contributed by atoms with Crippen LogP contribution in [0.3, 0.4) is 0 Å². The van der Waals surface area contributed by atoms with Crippen molar-refractivity contribution in [1.82, 2.24) is 24.8 Å². The number of hydrogen-bond donors (Lipinski definition) is 2. The third kappa shape index (κ3) is 4.69. The van der Waals surface area contributed by atoms with E-state index in [2.05, 4.69) is 20.5 Å². The van der Waals surface area contributed by atoms with E-state index in [1.165, 1.54) is 36.4 Å². The lowest BCUT2D eigenvalue weighted by molar-refractivity contribution is 0.102. The molecule has 0 aliphatic carbocycles. The lowest BCUT2D eigenvalue weighted by Gasteiger charge is -2.28. The Balaban J connectivity index is 1.44. The highest BCUT2D eigenvalue weighted by Gasteiger charge is 2.19. The molecule has 1 saturated heterocycles. The van der Waals surface area contributed by atoms with Crippen LogP contribution < -0.4 is 15.5 Å². The fraction of sp³-hybridized carbons (Fsp3) is 0.143. The van der Waals surface area contributed by atoms with Crippen molar-refractivity contribution in [3.05, 3.63) is 96.2 Å². The fourth-order valence-corrected chi connectivity index (χ4v) is 4.47. The first-order chi connectivity index (χ1) is 18.5. The smallest absolute Gasteiger partial charge is 0.256 e. The Morgan fingerprint density at radius 2 is 1.58 bits per heavy atom. The van der Waals surface area contributed by atoms with Crippen molar-refractivity contribution in [2.75, 3.05) is 36.4 Å². The van der Waals surface area contributed by atoms with Gasteiger partial charge in [-0.3, -0.25) is 9.36 Å². The summed E-state index contributed by atoms with van der Waals surface area (Å²) in [6.45, 7) is 3.43. The number of nitrogens with one attached hydrogen (secondary N) is 2. The van der Waals surface area contributed by atoms with Crippen LogP contribution in [0.1, 0.15) is 10.4 Å². The SMILES string of the molecule is O=C(Nc1cc(-n2c(-c3ccc(F)cc3)nc3ccc(N4CCNCC4)nc32)ccn1)c1ccc(F)cc1. The number of carbonyl (C=O) groups excluding carboxylic acids is 1. The van der Waals surface area contributed by atoms with E-state index < -0.39 is 11.7 Å². The number of nitrogens with zero attached hydrogens (tertiary/aromatic N) is 5. The van der Waals surface area contributed by atoms with Gasteiger partial charge in [0.25, 0.3) is 5.91 Å². The predicted octanol–water partition coefficient (Wildman–Crippen LogP) is 4.42. The van der Waals surface area contributed by atoms with Crippen LogP contribution in [0.2, 0.25) is 0 Å². The van der Waals surface area contributed by atoms with Crippen LogP contribution in [0.5, 0.6) is 0 Å². The normalized spacial score (nSPS) is 13.6. The molecule has 0 saturated carbocycles. The molecule has 6 rings (SSSR count). The van der Waals surface area contributed by atoms with E-state index >= 15 is 0 Å². The van der Waals surface area contributed by atoms with Crippen LogP contribution in [0.25, 0.3) is 28.2 Å². The zero-order valence-electron chi connectivity index (χ0n) is 20.2. The van der Waals surface area contributed by atoms with Crippen LogP contribution in [-0.2, 0) is 0 Å². The van der Waals surface area contributed by atoms with Gasteiger partial charge in [0.05, 0.1) is 5.69 Å². The molecule has 1 aliphatic heterocycles. The number of imidazole rings is 1. The summed E-state index contributed by atoms with van der Waals surface area (Å²) in [5, 5.41) is 6.11. The number of piperazine rings is 1. The summed E-state index contributed by atoms with van der Waals surface area (Å²) >= 11 is 0.